The fourth-order valence-corrected chi connectivity index (χ4v) is 4.16. The van der Waals surface area contributed by atoms with Crippen molar-refractivity contribution in [1.29, 1.82) is 0 Å². The van der Waals surface area contributed by atoms with E-state index in [0.717, 1.165) is 10.8 Å². The van der Waals surface area contributed by atoms with Crippen molar-refractivity contribution >= 4 is 22.6 Å². The maximum absolute atomic E-state index is 13.4. The van der Waals surface area contributed by atoms with Crippen LogP contribution in [0.2, 0.25) is 0 Å². The maximum Gasteiger partial charge on any atom is 0.275 e. The minimum absolute atomic E-state index is 0.0727. The van der Waals surface area contributed by atoms with Gasteiger partial charge in [-0.25, -0.2) is 0 Å². The number of rotatable bonds is 6. The molecule has 8 nitrogen and oxygen atoms in total. The minimum atomic E-state index is -0.844. The van der Waals surface area contributed by atoms with Gasteiger partial charge >= 0.3 is 0 Å². The third-order valence-electron chi connectivity index (χ3n) is 5.74. The van der Waals surface area contributed by atoms with Gasteiger partial charge in [-0.3, -0.25) is 9.59 Å². The number of aliphatic hydroxyl groups is 1. The second kappa shape index (κ2) is 9.00. The zero-order chi connectivity index (χ0) is 22.8. The zero-order valence-corrected chi connectivity index (χ0v) is 18.3. The second-order valence-electron chi connectivity index (χ2n) is 8.57. The minimum Gasteiger partial charge on any atom is -0.391 e. The molecule has 0 bridgehead atoms. The summed E-state index contributed by atoms with van der Waals surface area (Å²) in [7, 11) is 0. The van der Waals surface area contributed by atoms with Crippen molar-refractivity contribution in [1.82, 2.24) is 15.5 Å². The number of amides is 2. The van der Waals surface area contributed by atoms with Crippen LogP contribution >= 0.6 is 0 Å². The fraction of sp³-hybridized carbons (Fsp3) is 0.375. The van der Waals surface area contributed by atoms with E-state index in [4.69, 9.17) is 9.36 Å². The van der Waals surface area contributed by atoms with E-state index in [1.165, 1.54) is 4.90 Å². The molecule has 2 amide bonds. The summed E-state index contributed by atoms with van der Waals surface area (Å²) in [4.78, 5) is 33.2. The first kappa shape index (κ1) is 21.8. The molecule has 2 N–H and O–H groups in total. The lowest BCUT2D eigenvalue weighted by Gasteiger charge is -2.28. The number of carbonyl (C=O) groups is 2. The van der Waals surface area contributed by atoms with Crippen LogP contribution in [-0.2, 0) is 9.59 Å². The zero-order valence-electron chi connectivity index (χ0n) is 18.3. The molecular formula is C24H27N3O5. The predicted octanol–water partition coefficient (Wildman–Crippen LogP) is 2.95. The average molecular weight is 437 g/mol. The van der Waals surface area contributed by atoms with Gasteiger partial charge in [-0.05, 0) is 35.7 Å². The van der Waals surface area contributed by atoms with Gasteiger partial charge in [0, 0.05) is 19.0 Å². The number of fused-ring (bicyclic) bond motifs is 1. The lowest BCUT2D eigenvalue weighted by Crippen LogP contribution is -2.48. The lowest BCUT2D eigenvalue weighted by molar-refractivity contribution is -0.143. The molecule has 0 spiro atoms. The summed E-state index contributed by atoms with van der Waals surface area (Å²) in [5, 5.41) is 16.1. The van der Waals surface area contributed by atoms with Crippen molar-refractivity contribution in [2.24, 2.45) is 5.92 Å². The predicted molar refractivity (Wildman–Crippen MR) is 118 cm³/mol. The van der Waals surface area contributed by atoms with Crippen LogP contribution in [0.1, 0.15) is 37.6 Å². The van der Waals surface area contributed by atoms with E-state index >= 15 is 0 Å². The maximum atomic E-state index is 13.4. The van der Waals surface area contributed by atoms with E-state index in [1.807, 2.05) is 50.2 Å². The molecule has 1 fully saturated rings. The number of aryl methyl sites for hydroxylation is 1. The molecule has 0 aliphatic carbocycles. The summed E-state index contributed by atoms with van der Waals surface area (Å²) in [6.45, 7) is 5.67. The van der Waals surface area contributed by atoms with Crippen LogP contribution < -0.4 is 10.3 Å². The molecule has 2 aromatic carbocycles. The molecule has 1 aliphatic heterocycles. The van der Waals surface area contributed by atoms with Crippen molar-refractivity contribution in [3.8, 4) is 5.75 Å². The van der Waals surface area contributed by atoms with Crippen molar-refractivity contribution in [2.75, 3.05) is 6.54 Å². The molecule has 4 rings (SSSR count). The van der Waals surface area contributed by atoms with Gasteiger partial charge in [-0.15, -0.1) is 0 Å². The highest BCUT2D eigenvalue weighted by atomic mass is 16.7. The van der Waals surface area contributed by atoms with E-state index in [2.05, 4.69) is 10.6 Å². The number of hydroxylamine groups is 1. The average Bonchev–Trinajstić information content (AvgIpc) is 3.37. The summed E-state index contributed by atoms with van der Waals surface area (Å²) in [5.74, 6) is -0.512. The summed E-state index contributed by atoms with van der Waals surface area (Å²) in [6, 6.07) is 14.2. The van der Waals surface area contributed by atoms with Crippen molar-refractivity contribution in [3.05, 3.63) is 60.0 Å². The Morgan fingerprint density at radius 1 is 1.19 bits per heavy atom. The summed E-state index contributed by atoms with van der Waals surface area (Å²) in [5.41, 5.74) is 3.12. The number of carbonyl (C=O) groups excluding carboxylic acids is 2. The molecule has 2 heterocycles. The topological polar surface area (TPSA) is 105 Å². The van der Waals surface area contributed by atoms with E-state index in [0.29, 0.717) is 17.2 Å². The molecule has 0 saturated carbocycles. The Morgan fingerprint density at radius 2 is 1.94 bits per heavy atom. The Hall–Kier alpha value is -3.39. The van der Waals surface area contributed by atoms with Crippen LogP contribution in [0.25, 0.3) is 10.8 Å². The smallest absolute Gasteiger partial charge is 0.275 e. The molecule has 3 unspecified atom stereocenters. The highest BCUT2D eigenvalue weighted by Gasteiger charge is 2.43. The lowest BCUT2D eigenvalue weighted by atomic mass is 9.91. The van der Waals surface area contributed by atoms with E-state index in [-0.39, 0.29) is 24.8 Å². The number of hydrogen-bond acceptors (Lipinski definition) is 6. The third kappa shape index (κ3) is 4.45. The van der Waals surface area contributed by atoms with Gasteiger partial charge < -0.3 is 19.4 Å². The second-order valence-corrected chi connectivity index (χ2v) is 8.57. The molecular weight excluding hydrogens is 410 g/mol. The number of β-amino-alcohol motifs (C(OH)–C–C–N with tert-alkyl or cyclic N) is 1. The summed E-state index contributed by atoms with van der Waals surface area (Å²) >= 11 is 0. The van der Waals surface area contributed by atoms with Gasteiger partial charge in [0.25, 0.3) is 5.91 Å². The molecule has 8 heteroatoms. The Morgan fingerprint density at radius 3 is 2.62 bits per heavy atom. The number of nitrogens with zero attached hydrogens (tertiary/aromatic N) is 2. The normalized spacial score (nSPS) is 19.3. The Labute approximate surface area is 186 Å². The van der Waals surface area contributed by atoms with Gasteiger partial charge in [0.1, 0.15) is 17.7 Å². The third-order valence-corrected chi connectivity index (χ3v) is 5.74. The molecule has 3 aromatic rings. The molecule has 3 atom stereocenters. The van der Waals surface area contributed by atoms with Gasteiger partial charge in [0.2, 0.25) is 5.91 Å². The van der Waals surface area contributed by atoms with Crippen LogP contribution in [0.4, 0.5) is 0 Å². The molecule has 1 aliphatic rings. The van der Waals surface area contributed by atoms with E-state index in [1.54, 1.807) is 19.1 Å². The van der Waals surface area contributed by atoms with Gasteiger partial charge in [0.15, 0.2) is 5.75 Å². The van der Waals surface area contributed by atoms with Crippen LogP contribution in [0.15, 0.2) is 53.1 Å². The quantitative estimate of drug-likeness (QED) is 0.575. The molecule has 168 valence electrons. The highest BCUT2D eigenvalue weighted by molar-refractivity contribution is 5.91. The SMILES string of the molecule is Cc1cc(C(C(=O)N2CC(O)CC2C(=O)NOc2ccc3ccccc3c2)C(C)C)on1. The highest BCUT2D eigenvalue weighted by Crippen LogP contribution is 2.31. The van der Waals surface area contributed by atoms with Crippen LogP contribution in [-0.4, -0.2) is 45.7 Å². The number of nitrogens with one attached hydrogen (secondary N) is 1. The molecule has 1 saturated heterocycles. The largest absolute Gasteiger partial charge is 0.391 e. The van der Waals surface area contributed by atoms with Crippen LogP contribution in [0.3, 0.4) is 0 Å². The van der Waals surface area contributed by atoms with Crippen molar-refractivity contribution in [2.45, 2.75) is 45.3 Å². The number of benzene rings is 2. The van der Waals surface area contributed by atoms with Crippen molar-refractivity contribution in [3.63, 3.8) is 0 Å². The Bertz CT molecular complexity index is 1130. The first-order chi connectivity index (χ1) is 15.3. The Balaban J connectivity index is 1.48. The van der Waals surface area contributed by atoms with Gasteiger partial charge in [-0.2, -0.15) is 5.48 Å². The first-order valence-corrected chi connectivity index (χ1v) is 10.7. The van der Waals surface area contributed by atoms with Crippen LogP contribution in [0, 0.1) is 12.8 Å². The fourth-order valence-electron chi connectivity index (χ4n) is 4.16. The number of aromatic nitrogens is 1. The van der Waals surface area contributed by atoms with E-state index in [9.17, 15) is 14.7 Å². The molecule has 1 aromatic heterocycles. The van der Waals surface area contributed by atoms with E-state index < -0.39 is 24.0 Å². The first-order valence-electron chi connectivity index (χ1n) is 10.7. The monoisotopic (exact) mass is 437 g/mol. The number of aliphatic hydroxyl groups excluding tert-OH is 1. The Kier molecular flexibility index (Phi) is 6.14. The van der Waals surface area contributed by atoms with Crippen molar-refractivity contribution < 1.29 is 24.1 Å². The number of likely N-dealkylation sites (tertiary alicyclic amines) is 1. The standard InChI is InChI=1S/C24H27N3O5/c1-14(2)22(21-10-15(3)25-32-21)24(30)27-13-18(28)12-20(27)23(29)26-31-19-9-8-16-6-4-5-7-17(16)11-19/h4-11,14,18,20,22,28H,12-13H2,1-3H3,(H,26,29). The summed E-state index contributed by atoms with van der Waals surface area (Å²) in [6.07, 6.45) is -0.654. The van der Waals surface area contributed by atoms with Gasteiger partial charge in [0.05, 0.1) is 11.8 Å². The summed E-state index contributed by atoms with van der Waals surface area (Å²) < 4.78 is 5.35. The number of hydrogen-bond donors (Lipinski definition) is 2. The molecule has 32 heavy (non-hydrogen) atoms. The van der Waals surface area contributed by atoms with Gasteiger partial charge in [-0.1, -0.05) is 49.3 Å². The van der Waals surface area contributed by atoms with Crippen LogP contribution in [0.5, 0.6) is 5.75 Å². The molecule has 0 radical (unpaired) electrons.